The van der Waals surface area contributed by atoms with Crippen LogP contribution in [0.3, 0.4) is 0 Å². The molecule has 1 aliphatic rings. The van der Waals surface area contributed by atoms with Crippen LogP contribution >= 0.6 is 11.8 Å². The maximum absolute atomic E-state index is 6.06. The van der Waals surface area contributed by atoms with Gasteiger partial charge < -0.3 is 5.73 Å². The quantitative estimate of drug-likeness (QED) is 0.771. The fraction of sp³-hybridized carbons (Fsp3) is 0.545. The minimum Gasteiger partial charge on any atom is -0.325 e. The Kier molecular flexibility index (Phi) is 2.79. The van der Waals surface area contributed by atoms with Gasteiger partial charge >= 0.3 is 0 Å². The monoisotopic (exact) mass is 208 g/mol. The number of aromatic nitrogens is 1. The van der Waals surface area contributed by atoms with Gasteiger partial charge in [-0.3, -0.25) is 0 Å². The molecular formula is C11H16N2S. The Hall–Kier alpha value is -0.540. The van der Waals surface area contributed by atoms with Crippen LogP contribution in [0.4, 0.5) is 0 Å². The zero-order chi connectivity index (χ0) is 10.0. The van der Waals surface area contributed by atoms with E-state index in [9.17, 15) is 0 Å². The number of nitrogens with zero attached hydrogens (tertiary/aromatic N) is 1. The summed E-state index contributed by atoms with van der Waals surface area (Å²) in [6, 6.07) is 4.16. The molecule has 1 aromatic rings. The van der Waals surface area contributed by atoms with Crippen LogP contribution in [-0.2, 0) is 6.42 Å². The van der Waals surface area contributed by atoms with Gasteiger partial charge in [-0.1, -0.05) is 6.07 Å². The zero-order valence-electron chi connectivity index (χ0n) is 8.49. The van der Waals surface area contributed by atoms with Crippen molar-refractivity contribution in [2.45, 2.75) is 36.2 Å². The molecule has 1 aliphatic carbocycles. The SMILES string of the molecule is CSc1ncccc1CCC1(N)CC1. The fourth-order valence-corrected chi connectivity index (χ4v) is 2.19. The number of aryl methyl sites for hydroxylation is 1. The topological polar surface area (TPSA) is 38.9 Å². The number of pyridine rings is 1. The molecule has 76 valence electrons. The van der Waals surface area contributed by atoms with E-state index in [4.69, 9.17) is 5.73 Å². The lowest BCUT2D eigenvalue weighted by Crippen LogP contribution is -2.22. The smallest absolute Gasteiger partial charge is 0.0989 e. The van der Waals surface area contributed by atoms with Gasteiger partial charge in [-0.2, -0.15) is 0 Å². The molecule has 3 heteroatoms. The van der Waals surface area contributed by atoms with Gasteiger partial charge in [-0.15, -0.1) is 11.8 Å². The third-order valence-electron chi connectivity index (χ3n) is 2.83. The molecule has 0 saturated heterocycles. The van der Waals surface area contributed by atoms with Crippen molar-refractivity contribution in [1.82, 2.24) is 4.98 Å². The van der Waals surface area contributed by atoms with Crippen LogP contribution in [0.2, 0.25) is 0 Å². The van der Waals surface area contributed by atoms with Crippen molar-refractivity contribution in [3.05, 3.63) is 23.9 Å². The first-order valence-corrected chi connectivity index (χ1v) is 6.23. The summed E-state index contributed by atoms with van der Waals surface area (Å²) in [6.07, 6.45) is 8.49. The van der Waals surface area contributed by atoms with E-state index in [0.29, 0.717) is 0 Å². The Balaban J connectivity index is 2.00. The first-order chi connectivity index (χ1) is 6.73. The molecule has 0 aromatic carbocycles. The van der Waals surface area contributed by atoms with Crippen molar-refractivity contribution in [2.24, 2.45) is 5.73 Å². The standard InChI is InChI=1S/C11H16N2S/c1-14-10-9(3-2-8-13-10)4-5-11(12)6-7-11/h2-3,8H,4-7,12H2,1H3. The van der Waals surface area contributed by atoms with Crippen molar-refractivity contribution in [2.75, 3.05) is 6.26 Å². The molecule has 0 unspecified atom stereocenters. The molecule has 0 amide bonds. The molecule has 0 spiro atoms. The van der Waals surface area contributed by atoms with Gasteiger partial charge in [0.05, 0.1) is 5.03 Å². The lowest BCUT2D eigenvalue weighted by molar-refractivity contribution is 0.604. The highest BCUT2D eigenvalue weighted by atomic mass is 32.2. The number of hydrogen-bond acceptors (Lipinski definition) is 3. The summed E-state index contributed by atoms with van der Waals surface area (Å²) in [4.78, 5) is 4.34. The van der Waals surface area contributed by atoms with Crippen LogP contribution in [0, 0.1) is 0 Å². The predicted molar refractivity (Wildman–Crippen MR) is 60.5 cm³/mol. The van der Waals surface area contributed by atoms with Crippen LogP contribution in [0.25, 0.3) is 0 Å². The largest absolute Gasteiger partial charge is 0.325 e. The molecule has 1 saturated carbocycles. The third kappa shape index (κ3) is 2.28. The Morgan fingerprint density at radius 3 is 3.00 bits per heavy atom. The van der Waals surface area contributed by atoms with Crippen LogP contribution in [0.15, 0.2) is 23.4 Å². The Labute approximate surface area is 89.3 Å². The number of thioether (sulfide) groups is 1. The number of hydrogen-bond donors (Lipinski definition) is 1. The van der Waals surface area contributed by atoms with E-state index < -0.39 is 0 Å². The van der Waals surface area contributed by atoms with E-state index in [1.807, 2.05) is 12.3 Å². The average molecular weight is 208 g/mol. The van der Waals surface area contributed by atoms with Gasteiger partial charge in [0.2, 0.25) is 0 Å². The van der Waals surface area contributed by atoms with Crippen LogP contribution in [0.1, 0.15) is 24.8 Å². The maximum Gasteiger partial charge on any atom is 0.0989 e. The molecule has 1 heterocycles. The first kappa shape index (κ1) is 9.99. The normalized spacial score (nSPS) is 18.1. The van der Waals surface area contributed by atoms with Gasteiger partial charge in [0.25, 0.3) is 0 Å². The second-order valence-electron chi connectivity index (χ2n) is 4.03. The van der Waals surface area contributed by atoms with E-state index in [1.54, 1.807) is 11.8 Å². The molecule has 0 aliphatic heterocycles. The summed E-state index contributed by atoms with van der Waals surface area (Å²) in [5.74, 6) is 0. The lowest BCUT2D eigenvalue weighted by atomic mass is 10.1. The van der Waals surface area contributed by atoms with Crippen molar-refractivity contribution in [1.29, 1.82) is 0 Å². The summed E-state index contributed by atoms with van der Waals surface area (Å²) in [6.45, 7) is 0. The minimum atomic E-state index is 0.158. The predicted octanol–water partition coefficient (Wildman–Crippen LogP) is 2.23. The van der Waals surface area contributed by atoms with Crippen LogP contribution < -0.4 is 5.73 Å². The van der Waals surface area contributed by atoms with Crippen molar-refractivity contribution >= 4 is 11.8 Å². The average Bonchev–Trinajstić information content (AvgIpc) is 2.95. The molecule has 2 rings (SSSR count). The molecule has 0 atom stereocenters. The molecule has 0 bridgehead atoms. The van der Waals surface area contributed by atoms with E-state index in [-0.39, 0.29) is 5.54 Å². The van der Waals surface area contributed by atoms with E-state index >= 15 is 0 Å². The van der Waals surface area contributed by atoms with Crippen molar-refractivity contribution < 1.29 is 0 Å². The highest BCUT2D eigenvalue weighted by Crippen LogP contribution is 2.37. The van der Waals surface area contributed by atoms with Crippen molar-refractivity contribution in [3.8, 4) is 0 Å². The molecular weight excluding hydrogens is 192 g/mol. The van der Waals surface area contributed by atoms with Gasteiger partial charge in [0.1, 0.15) is 0 Å². The fourth-order valence-electron chi connectivity index (χ4n) is 1.59. The van der Waals surface area contributed by atoms with Gasteiger partial charge in [-0.05, 0) is 43.6 Å². The molecule has 1 aromatic heterocycles. The third-order valence-corrected chi connectivity index (χ3v) is 3.58. The van der Waals surface area contributed by atoms with Gasteiger partial charge in [-0.25, -0.2) is 4.98 Å². The van der Waals surface area contributed by atoms with Crippen molar-refractivity contribution in [3.63, 3.8) is 0 Å². The maximum atomic E-state index is 6.06. The minimum absolute atomic E-state index is 0.158. The number of nitrogens with two attached hydrogens (primary N) is 1. The van der Waals surface area contributed by atoms with Crippen LogP contribution in [-0.4, -0.2) is 16.8 Å². The molecule has 2 N–H and O–H groups in total. The highest BCUT2D eigenvalue weighted by molar-refractivity contribution is 7.98. The molecule has 0 radical (unpaired) electrons. The Bertz CT molecular complexity index is 321. The first-order valence-electron chi connectivity index (χ1n) is 5.00. The molecule has 14 heavy (non-hydrogen) atoms. The molecule has 2 nitrogen and oxygen atoms in total. The van der Waals surface area contributed by atoms with E-state index in [2.05, 4.69) is 17.3 Å². The van der Waals surface area contributed by atoms with Gasteiger partial charge in [0.15, 0.2) is 0 Å². The van der Waals surface area contributed by atoms with E-state index in [1.165, 1.54) is 18.4 Å². The Morgan fingerprint density at radius 2 is 2.36 bits per heavy atom. The lowest BCUT2D eigenvalue weighted by Gasteiger charge is -2.09. The summed E-state index contributed by atoms with van der Waals surface area (Å²) in [5.41, 5.74) is 7.56. The molecule has 1 fully saturated rings. The number of rotatable bonds is 4. The summed E-state index contributed by atoms with van der Waals surface area (Å²) in [5, 5.41) is 1.15. The Morgan fingerprint density at radius 1 is 1.57 bits per heavy atom. The summed E-state index contributed by atoms with van der Waals surface area (Å²) < 4.78 is 0. The summed E-state index contributed by atoms with van der Waals surface area (Å²) >= 11 is 1.71. The van der Waals surface area contributed by atoms with Crippen LogP contribution in [0.5, 0.6) is 0 Å². The second kappa shape index (κ2) is 3.91. The zero-order valence-corrected chi connectivity index (χ0v) is 9.31. The highest BCUT2D eigenvalue weighted by Gasteiger charge is 2.37. The summed E-state index contributed by atoms with van der Waals surface area (Å²) in [7, 11) is 0. The van der Waals surface area contributed by atoms with Gasteiger partial charge in [0, 0.05) is 11.7 Å². The van der Waals surface area contributed by atoms with E-state index in [0.717, 1.165) is 17.9 Å². The second-order valence-corrected chi connectivity index (χ2v) is 4.83.